The summed E-state index contributed by atoms with van der Waals surface area (Å²) in [4.78, 5) is 0. The van der Waals surface area contributed by atoms with Gasteiger partial charge < -0.3 is 15.5 Å². The van der Waals surface area contributed by atoms with Gasteiger partial charge in [-0.1, -0.05) is 117 Å². The van der Waals surface area contributed by atoms with Gasteiger partial charge in [-0.25, -0.2) is 0 Å². The molecule has 0 bridgehead atoms. The average Bonchev–Trinajstić information content (AvgIpc) is 2.68. The van der Waals surface area contributed by atoms with E-state index in [0.717, 1.165) is 25.8 Å². The van der Waals surface area contributed by atoms with Gasteiger partial charge >= 0.3 is 0 Å². The zero-order valence-corrected chi connectivity index (χ0v) is 18.7. The van der Waals surface area contributed by atoms with E-state index in [4.69, 9.17) is 0 Å². The van der Waals surface area contributed by atoms with E-state index in [9.17, 15) is 10.2 Å². The lowest BCUT2D eigenvalue weighted by molar-refractivity contribution is 0.0810. The summed E-state index contributed by atoms with van der Waals surface area (Å²) in [6.07, 6.45) is 22.8. The van der Waals surface area contributed by atoms with Crippen LogP contribution in [0, 0.1) is 0 Å². The second-order valence-electron chi connectivity index (χ2n) is 8.40. The normalized spacial score (nSPS) is 13.8. The highest BCUT2D eigenvalue weighted by atomic mass is 16.3. The molecule has 0 heterocycles. The number of rotatable bonds is 22. The van der Waals surface area contributed by atoms with Crippen LogP contribution < -0.4 is 5.32 Å². The maximum absolute atomic E-state index is 10.3. The first-order valence-corrected chi connectivity index (χ1v) is 12.3. The van der Waals surface area contributed by atoms with Crippen molar-refractivity contribution in [1.29, 1.82) is 0 Å². The Morgan fingerprint density at radius 1 is 0.593 bits per heavy atom. The largest absolute Gasteiger partial charge is 0.395 e. The summed E-state index contributed by atoms with van der Waals surface area (Å²) in [7, 11) is 0. The minimum absolute atomic E-state index is 0.0351. The van der Waals surface area contributed by atoms with Crippen molar-refractivity contribution in [2.45, 2.75) is 142 Å². The Bertz CT molecular complexity index is 273. The summed E-state index contributed by atoms with van der Waals surface area (Å²) in [6, 6.07) is -0.149. The zero-order chi connectivity index (χ0) is 20.0. The van der Waals surface area contributed by atoms with E-state index in [1.807, 2.05) is 0 Å². The minimum atomic E-state index is -0.408. The van der Waals surface area contributed by atoms with E-state index < -0.39 is 6.10 Å². The highest BCUT2D eigenvalue weighted by molar-refractivity contribution is 4.75. The molecule has 3 N–H and O–H groups in total. The Morgan fingerprint density at radius 2 is 1.00 bits per heavy atom. The van der Waals surface area contributed by atoms with Crippen LogP contribution in [0.1, 0.15) is 129 Å². The second kappa shape index (κ2) is 22.2. The fraction of sp³-hybridized carbons (Fsp3) is 1.00. The van der Waals surface area contributed by atoms with E-state index in [1.165, 1.54) is 96.3 Å². The van der Waals surface area contributed by atoms with E-state index in [0.29, 0.717) is 0 Å². The highest BCUT2D eigenvalue weighted by Gasteiger charge is 2.16. The predicted molar refractivity (Wildman–Crippen MR) is 119 cm³/mol. The van der Waals surface area contributed by atoms with Crippen molar-refractivity contribution in [1.82, 2.24) is 5.32 Å². The molecule has 0 aliphatic heterocycles. The van der Waals surface area contributed by atoms with E-state index in [2.05, 4.69) is 19.2 Å². The first-order chi connectivity index (χ1) is 13.3. The van der Waals surface area contributed by atoms with Crippen LogP contribution in [-0.2, 0) is 0 Å². The van der Waals surface area contributed by atoms with Gasteiger partial charge in [-0.2, -0.15) is 0 Å². The number of nitrogens with one attached hydrogen (secondary N) is 1. The van der Waals surface area contributed by atoms with Gasteiger partial charge in [0, 0.05) is 0 Å². The molecule has 0 aromatic heterocycles. The highest BCUT2D eigenvalue weighted by Crippen LogP contribution is 2.14. The van der Waals surface area contributed by atoms with Gasteiger partial charge in [0.05, 0.1) is 18.8 Å². The lowest BCUT2D eigenvalue weighted by Gasteiger charge is -2.22. The molecule has 0 saturated carbocycles. The summed E-state index contributed by atoms with van der Waals surface area (Å²) >= 11 is 0. The van der Waals surface area contributed by atoms with Crippen LogP contribution in [0.5, 0.6) is 0 Å². The Kier molecular flexibility index (Phi) is 22.1. The van der Waals surface area contributed by atoms with E-state index in [1.54, 1.807) is 0 Å². The smallest absolute Gasteiger partial charge is 0.0715 e. The summed E-state index contributed by atoms with van der Waals surface area (Å²) in [5.74, 6) is 0. The molecule has 2 atom stereocenters. The number of aliphatic hydroxyl groups is 2. The van der Waals surface area contributed by atoms with Crippen molar-refractivity contribution >= 4 is 0 Å². The van der Waals surface area contributed by atoms with Crippen molar-refractivity contribution in [2.75, 3.05) is 13.2 Å². The standard InChI is InChI=1S/C24H51NO2/c1-3-5-7-9-10-11-12-13-14-15-16-17-18-20-24(27)23(22-26)25-21-19-8-6-4-2/h23-27H,3-22H2,1-2H3/t23-,24+/m0/s1. The Morgan fingerprint density at radius 3 is 1.44 bits per heavy atom. The van der Waals surface area contributed by atoms with Crippen molar-refractivity contribution in [2.24, 2.45) is 0 Å². The SMILES string of the molecule is CCCCCCCCCCCCCCC[C@@H](O)[C@H](CO)NCCCCCC. The number of unbranched alkanes of at least 4 members (excludes halogenated alkanes) is 15. The second-order valence-corrected chi connectivity index (χ2v) is 8.40. The first-order valence-electron chi connectivity index (χ1n) is 12.3. The third-order valence-corrected chi connectivity index (χ3v) is 5.70. The molecule has 0 aromatic carbocycles. The number of aliphatic hydroxyl groups excluding tert-OH is 2. The lowest BCUT2D eigenvalue weighted by Crippen LogP contribution is -2.43. The Labute approximate surface area is 170 Å². The van der Waals surface area contributed by atoms with Crippen LogP contribution in [0.3, 0.4) is 0 Å². The molecule has 164 valence electrons. The maximum Gasteiger partial charge on any atom is 0.0715 e. The summed E-state index contributed by atoms with van der Waals surface area (Å²) in [6.45, 7) is 5.43. The van der Waals surface area contributed by atoms with E-state index >= 15 is 0 Å². The molecule has 0 saturated heterocycles. The quantitative estimate of drug-likeness (QED) is 0.190. The minimum Gasteiger partial charge on any atom is -0.395 e. The van der Waals surface area contributed by atoms with E-state index in [-0.39, 0.29) is 12.6 Å². The van der Waals surface area contributed by atoms with Gasteiger partial charge in [0.15, 0.2) is 0 Å². The molecular weight excluding hydrogens is 334 g/mol. The summed E-state index contributed by atoms with van der Waals surface area (Å²) in [5, 5.41) is 23.1. The molecule has 0 aliphatic rings. The van der Waals surface area contributed by atoms with Gasteiger partial charge in [0.2, 0.25) is 0 Å². The molecule has 0 spiro atoms. The fourth-order valence-electron chi connectivity index (χ4n) is 3.73. The maximum atomic E-state index is 10.3. The van der Waals surface area contributed by atoms with Crippen LogP contribution >= 0.6 is 0 Å². The van der Waals surface area contributed by atoms with Crippen molar-refractivity contribution in [3.63, 3.8) is 0 Å². The average molecular weight is 386 g/mol. The molecule has 3 heteroatoms. The summed E-state index contributed by atoms with van der Waals surface area (Å²) < 4.78 is 0. The summed E-state index contributed by atoms with van der Waals surface area (Å²) in [5.41, 5.74) is 0. The van der Waals surface area contributed by atoms with Gasteiger partial charge in [-0.3, -0.25) is 0 Å². The first kappa shape index (κ1) is 26.9. The van der Waals surface area contributed by atoms with Crippen molar-refractivity contribution in [3.05, 3.63) is 0 Å². The van der Waals surface area contributed by atoms with Gasteiger partial charge in [0.1, 0.15) is 0 Å². The van der Waals surface area contributed by atoms with Crippen LogP contribution in [0.15, 0.2) is 0 Å². The molecule has 0 amide bonds. The van der Waals surface area contributed by atoms with Crippen molar-refractivity contribution in [3.8, 4) is 0 Å². The lowest BCUT2D eigenvalue weighted by atomic mass is 10.0. The van der Waals surface area contributed by atoms with Crippen LogP contribution in [0.4, 0.5) is 0 Å². The molecule has 0 fully saturated rings. The molecular formula is C24H51NO2. The fourth-order valence-corrected chi connectivity index (χ4v) is 3.73. The number of hydrogen-bond acceptors (Lipinski definition) is 3. The molecule has 0 unspecified atom stereocenters. The Balaban J connectivity index is 3.39. The third-order valence-electron chi connectivity index (χ3n) is 5.70. The van der Waals surface area contributed by atoms with Crippen molar-refractivity contribution < 1.29 is 10.2 Å². The molecule has 27 heavy (non-hydrogen) atoms. The third kappa shape index (κ3) is 19.0. The molecule has 0 aromatic rings. The zero-order valence-electron chi connectivity index (χ0n) is 18.7. The van der Waals surface area contributed by atoms with Crippen LogP contribution in [0.2, 0.25) is 0 Å². The Hall–Kier alpha value is -0.120. The molecule has 0 aliphatic carbocycles. The molecule has 0 radical (unpaired) electrons. The predicted octanol–water partition coefficient (Wildman–Crippen LogP) is 6.36. The van der Waals surface area contributed by atoms with Gasteiger partial charge in [-0.05, 0) is 19.4 Å². The van der Waals surface area contributed by atoms with Gasteiger partial charge in [-0.15, -0.1) is 0 Å². The molecule has 3 nitrogen and oxygen atoms in total. The van der Waals surface area contributed by atoms with Gasteiger partial charge in [0.25, 0.3) is 0 Å². The van der Waals surface area contributed by atoms with Crippen LogP contribution in [-0.4, -0.2) is 35.5 Å². The molecule has 0 rings (SSSR count). The van der Waals surface area contributed by atoms with Crippen LogP contribution in [0.25, 0.3) is 0 Å². The topological polar surface area (TPSA) is 52.5 Å². The number of hydrogen-bond donors (Lipinski definition) is 3. The monoisotopic (exact) mass is 385 g/mol.